The number of nitrogens with zero attached hydrogens (tertiary/aromatic N) is 9. The maximum atomic E-state index is 13.1. The molecule has 0 saturated carbocycles. The van der Waals surface area contributed by atoms with Crippen LogP contribution < -0.4 is 11.3 Å². The standard InChI is InChI=1S/C21H25N11O14P2/c22-21-26-16-10(18(36)27-21)25-6-30(16)19-11(34)13(7(3-33)43-19)46-48(40,41)42-4-8-14(45-47(37,38)39)12(35)20(44-8)31-5-24-9-15-23-1-2-32(15)29-28-17(9)31/h1-2,5-8,11-14,19-20,33-35H,3-4H2,(H,40,41)(H2,37,38,39)(H3,22,26,27,36)/t7-,8-,11-,12-,13-,14-,19-,20-/m1/s1. The van der Waals surface area contributed by atoms with Crippen LogP contribution in [0.5, 0.6) is 0 Å². The van der Waals surface area contributed by atoms with E-state index < -0.39 is 83.5 Å². The molecule has 5 aromatic heterocycles. The van der Waals surface area contributed by atoms with E-state index in [1.807, 2.05) is 0 Å². The summed E-state index contributed by atoms with van der Waals surface area (Å²) in [6.45, 7) is -1.77. The highest BCUT2D eigenvalue weighted by Crippen LogP contribution is 2.50. The summed E-state index contributed by atoms with van der Waals surface area (Å²) in [6, 6.07) is 0. The number of H-pyrrole nitrogens is 1. The number of aliphatic hydroxyl groups is 3. The van der Waals surface area contributed by atoms with Crippen LogP contribution in [0, 0.1) is 0 Å². The Morgan fingerprint density at radius 1 is 0.917 bits per heavy atom. The van der Waals surface area contributed by atoms with Gasteiger partial charge in [0.05, 0.1) is 32.1 Å². The van der Waals surface area contributed by atoms with Gasteiger partial charge in [0.2, 0.25) is 5.95 Å². The lowest BCUT2D eigenvalue weighted by Gasteiger charge is -2.24. The summed E-state index contributed by atoms with van der Waals surface area (Å²) in [5, 5.41) is 39.9. The zero-order valence-corrected chi connectivity index (χ0v) is 25.6. The maximum Gasteiger partial charge on any atom is 0.472 e. The van der Waals surface area contributed by atoms with E-state index in [0.717, 1.165) is 10.9 Å². The van der Waals surface area contributed by atoms with Crippen molar-refractivity contribution in [2.75, 3.05) is 18.9 Å². The average Bonchev–Trinajstić information content (AvgIpc) is 3.83. The molecule has 9 atom stereocenters. The van der Waals surface area contributed by atoms with Crippen LogP contribution in [0.25, 0.3) is 28.0 Å². The summed E-state index contributed by atoms with van der Waals surface area (Å²) in [6.07, 6.45) is -7.79. The molecule has 9 N–H and O–H groups in total. The van der Waals surface area contributed by atoms with Crippen LogP contribution in [0.4, 0.5) is 5.95 Å². The van der Waals surface area contributed by atoms with E-state index in [2.05, 4.69) is 35.2 Å². The molecule has 0 radical (unpaired) electrons. The van der Waals surface area contributed by atoms with Gasteiger partial charge in [0.1, 0.15) is 36.6 Å². The van der Waals surface area contributed by atoms with E-state index in [0.29, 0.717) is 5.65 Å². The number of nitrogens with one attached hydrogen (secondary N) is 1. The van der Waals surface area contributed by atoms with Crippen molar-refractivity contribution in [3.8, 4) is 0 Å². The topological polar surface area (TPSA) is 352 Å². The first-order valence-corrected chi connectivity index (χ1v) is 16.7. The number of hydrogen-bond acceptors (Lipinski definition) is 18. The average molecular weight is 717 g/mol. The quantitative estimate of drug-likeness (QED) is 0.0655. The predicted molar refractivity (Wildman–Crippen MR) is 151 cm³/mol. The SMILES string of the molecule is Nc1nc2c(ncn2[C@@H]2O[C@H](CO)[C@@H](OP(=O)(O)OC[C@H]3O[C@@H](n4cnc5c4nnn4ccnc54)[C@H](O)[C@@H]3OP(=O)(O)O)[C@H]2O)c(=O)[nH]1. The number of phosphoric ester groups is 2. The van der Waals surface area contributed by atoms with Gasteiger partial charge in [0, 0.05) is 6.20 Å². The summed E-state index contributed by atoms with van der Waals surface area (Å²) in [7, 11) is -10.5. The monoisotopic (exact) mass is 717 g/mol. The molecule has 7 rings (SSSR count). The third-order valence-electron chi connectivity index (χ3n) is 7.55. The van der Waals surface area contributed by atoms with Gasteiger partial charge in [-0.2, -0.15) is 4.98 Å². The Bertz CT molecular complexity index is 2150. The van der Waals surface area contributed by atoms with Crippen LogP contribution in [0.2, 0.25) is 0 Å². The number of anilines is 1. The number of rotatable bonds is 10. The molecular formula is C21H25N11O14P2. The molecule has 2 saturated heterocycles. The fourth-order valence-corrected chi connectivity index (χ4v) is 7.05. The van der Waals surface area contributed by atoms with Crippen LogP contribution >= 0.6 is 15.6 Å². The van der Waals surface area contributed by atoms with Crippen molar-refractivity contribution in [1.82, 2.24) is 48.9 Å². The number of fused-ring (bicyclic) bond motifs is 4. The van der Waals surface area contributed by atoms with E-state index in [1.165, 1.54) is 27.8 Å². The van der Waals surface area contributed by atoms with Crippen molar-refractivity contribution in [2.24, 2.45) is 0 Å². The number of aliphatic hydroxyl groups excluding tert-OH is 3. The fraction of sp³-hybridized carbons (Fsp3) is 0.476. The summed E-state index contributed by atoms with van der Waals surface area (Å²) in [5.41, 5.74) is 5.29. The van der Waals surface area contributed by atoms with Crippen molar-refractivity contribution >= 4 is 49.6 Å². The van der Waals surface area contributed by atoms with Crippen molar-refractivity contribution in [3.05, 3.63) is 35.4 Å². The molecule has 48 heavy (non-hydrogen) atoms. The summed E-state index contributed by atoms with van der Waals surface area (Å²) >= 11 is 0. The molecule has 25 nitrogen and oxygen atoms in total. The van der Waals surface area contributed by atoms with E-state index in [4.69, 9.17) is 28.8 Å². The number of aromatic nitrogens is 10. The Morgan fingerprint density at radius 2 is 1.56 bits per heavy atom. The van der Waals surface area contributed by atoms with Gasteiger partial charge in [-0.25, -0.2) is 28.6 Å². The lowest BCUT2D eigenvalue weighted by atomic mass is 10.1. The molecule has 0 aliphatic carbocycles. The van der Waals surface area contributed by atoms with E-state index in [1.54, 1.807) is 0 Å². The highest BCUT2D eigenvalue weighted by atomic mass is 31.2. The number of imidazole rings is 3. The first-order valence-electron chi connectivity index (χ1n) is 13.7. The summed E-state index contributed by atoms with van der Waals surface area (Å²) in [4.78, 5) is 60.2. The van der Waals surface area contributed by atoms with E-state index in [9.17, 15) is 43.9 Å². The molecule has 0 bridgehead atoms. The third kappa shape index (κ3) is 5.79. The molecule has 5 aromatic rings. The number of ether oxygens (including phenoxy) is 2. The zero-order chi connectivity index (χ0) is 34.1. The molecule has 0 aromatic carbocycles. The molecule has 27 heteroatoms. The van der Waals surface area contributed by atoms with Gasteiger partial charge < -0.3 is 45.2 Å². The fourth-order valence-electron chi connectivity index (χ4n) is 5.51. The second-order valence-electron chi connectivity index (χ2n) is 10.6. The van der Waals surface area contributed by atoms with Crippen molar-refractivity contribution in [2.45, 2.75) is 49.1 Å². The summed E-state index contributed by atoms with van der Waals surface area (Å²) in [5.74, 6) is -0.270. The maximum absolute atomic E-state index is 13.1. The number of aromatic amines is 1. The van der Waals surface area contributed by atoms with Gasteiger partial charge in [-0.1, -0.05) is 5.21 Å². The van der Waals surface area contributed by atoms with Gasteiger partial charge in [0.15, 0.2) is 40.4 Å². The van der Waals surface area contributed by atoms with Gasteiger partial charge in [-0.05, 0) is 0 Å². The minimum atomic E-state index is -5.27. The van der Waals surface area contributed by atoms with Crippen molar-refractivity contribution < 1.29 is 62.2 Å². The minimum Gasteiger partial charge on any atom is -0.394 e. The van der Waals surface area contributed by atoms with Crippen molar-refractivity contribution in [1.29, 1.82) is 0 Å². The van der Waals surface area contributed by atoms with Crippen LogP contribution in [0.15, 0.2) is 29.8 Å². The molecule has 1 unspecified atom stereocenters. The zero-order valence-electron chi connectivity index (χ0n) is 23.8. The Balaban J connectivity index is 1.09. The Kier molecular flexibility index (Phi) is 8.15. The second kappa shape index (κ2) is 12.0. The van der Waals surface area contributed by atoms with Crippen molar-refractivity contribution in [3.63, 3.8) is 0 Å². The van der Waals surface area contributed by atoms with Crippen LogP contribution in [-0.4, -0.2) is 129 Å². The highest BCUT2D eigenvalue weighted by Gasteiger charge is 2.52. The molecule has 2 fully saturated rings. The van der Waals surface area contributed by atoms with Gasteiger partial charge in [0.25, 0.3) is 5.56 Å². The van der Waals surface area contributed by atoms with Gasteiger partial charge >= 0.3 is 15.6 Å². The number of nitrogens with two attached hydrogens (primary N) is 1. The largest absolute Gasteiger partial charge is 0.472 e. The van der Waals surface area contributed by atoms with Crippen LogP contribution in [-0.2, 0) is 32.2 Å². The number of hydrogen-bond donors (Lipinski definition) is 8. The molecule has 258 valence electrons. The Labute approximate surface area is 264 Å². The lowest BCUT2D eigenvalue weighted by molar-refractivity contribution is -0.0583. The van der Waals surface area contributed by atoms with Gasteiger partial charge in [-0.15, -0.1) is 5.10 Å². The lowest BCUT2D eigenvalue weighted by Crippen LogP contribution is -2.37. The normalized spacial score (nSPS) is 29.4. The van der Waals surface area contributed by atoms with Gasteiger partial charge in [-0.3, -0.25) is 32.5 Å². The molecule has 2 aliphatic rings. The molecule has 2 aliphatic heterocycles. The Morgan fingerprint density at radius 3 is 2.25 bits per heavy atom. The third-order valence-corrected chi connectivity index (χ3v) is 9.05. The van der Waals surface area contributed by atoms with Crippen LogP contribution in [0.3, 0.4) is 0 Å². The first kappa shape index (κ1) is 32.7. The highest BCUT2D eigenvalue weighted by molar-refractivity contribution is 7.47. The predicted octanol–water partition coefficient (Wildman–Crippen LogP) is -3.32. The van der Waals surface area contributed by atoms with Crippen LogP contribution in [0.1, 0.15) is 12.5 Å². The van der Waals surface area contributed by atoms with E-state index >= 15 is 0 Å². The number of phosphoric acid groups is 2. The molecular weight excluding hydrogens is 692 g/mol. The Hall–Kier alpha value is -3.81. The molecule has 0 spiro atoms. The molecule has 0 amide bonds. The van der Waals surface area contributed by atoms with E-state index in [-0.39, 0.29) is 28.3 Å². The smallest absolute Gasteiger partial charge is 0.394 e. The molecule has 7 heterocycles. The second-order valence-corrected chi connectivity index (χ2v) is 13.2. The first-order chi connectivity index (χ1) is 22.7. The minimum absolute atomic E-state index is 0.0680. The summed E-state index contributed by atoms with van der Waals surface area (Å²) < 4.78 is 54.9. The number of nitrogen functional groups attached to an aromatic ring is 1.